The van der Waals surface area contributed by atoms with Crippen LogP contribution >= 0.6 is 11.8 Å². The third kappa shape index (κ3) is 6.58. The van der Waals surface area contributed by atoms with Gasteiger partial charge in [-0.2, -0.15) is 13.2 Å². The number of carbonyl (C=O) groups excluding carboxylic acids is 1. The largest absolute Gasteiger partial charge is 0.481 e. The summed E-state index contributed by atoms with van der Waals surface area (Å²) in [5, 5.41) is 9.79. The van der Waals surface area contributed by atoms with Crippen LogP contribution in [0.15, 0.2) is 41.4 Å². The Bertz CT molecular complexity index is 1130. The van der Waals surface area contributed by atoms with Crippen molar-refractivity contribution in [3.05, 3.63) is 53.1 Å². The maximum atomic E-state index is 13.5. The van der Waals surface area contributed by atoms with Gasteiger partial charge in [-0.15, -0.1) is 11.8 Å². The van der Waals surface area contributed by atoms with Crippen LogP contribution < -0.4 is 4.90 Å². The molecule has 37 heavy (non-hydrogen) atoms. The van der Waals surface area contributed by atoms with E-state index in [1.54, 1.807) is 23.1 Å². The minimum Gasteiger partial charge on any atom is -0.481 e. The number of alkyl halides is 3. The highest BCUT2D eigenvalue weighted by atomic mass is 32.2. The minimum absolute atomic E-state index is 0.0576. The molecular formula is C27H32F3N3O3S. The molecule has 0 bridgehead atoms. The number of piperidine rings is 1. The van der Waals surface area contributed by atoms with Crippen molar-refractivity contribution in [2.75, 3.05) is 36.8 Å². The van der Waals surface area contributed by atoms with Gasteiger partial charge >= 0.3 is 12.1 Å². The third-order valence-corrected chi connectivity index (χ3v) is 8.20. The normalized spacial score (nSPS) is 20.3. The number of benzene rings is 1. The number of carboxylic acids is 1. The Morgan fingerprint density at radius 3 is 2.62 bits per heavy atom. The second-order valence-corrected chi connectivity index (χ2v) is 10.8. The summed E-state index contributed by atoms with van der Waals surface area (Å²) in [5.41, 5.74) is 0.0636. The number of hydrogen-bond donors (Lipinski definition) is 1. The topological polar surface area (TPSA) is 73.7 Å². The Morgan fingerprint density at radius 2 is 1.89 bits per heavy atom. The number of carboxylic acid groups (broad SMARTS) is 1. The second kappa shape index (κ2) is 11.8. The van der Waals surface area contributed by atoms with Crippen LogP contribution in [0, 0.1) is 5.92 Å². The molecule has 2 aromatic rings. The van der Waals surface area contributed by atoms with Gasteiger partial charge in [0.2, 0.25) is 0 Å². The van der Waals surface area contributed by atoms with Gasteiger partial charge in [0.1, 0.15) is 10.8 Å². The monoisotopic (exact) mass is 535 g/mol. The van der Waals surface area contributed by atoms with Crippen LogP contribution in [-0.2, 0) is 11.0 Å². The molecule has 2 saturated heterocycles. The molecule has 1 amide bonds. The van der Waals surface area contributed by atoms with Crippen molar-refractivity contribution in [2.45, 2.75) is 56.1 Å². The van der Waals surface area contributed by atoms with E-state index in [0.29, 0.717) is 30.1 Å². The summed E-state index contributed by atoms with van der Waals surface area (Å²) in [6.45, 7) is 4.05. The van der Waals surface area contributed by atoms with Crippen molar-refractivity contribution < 1.29 is 27.9 Å². The van der Waals surface area contributed by atoms with Gasteiger partial charge in [-0.25, -0.2) is 4.98 Å². The van der Waals surface area contributed by atoms with Gasteiger partial charge in [0, 0.05) is 38.5 Å². The number of hydrogen-bond acceptors (Lipinski definition) is 5. The van der Waals surface area contributed by atoms with E-state index < -0.39 is 17.7 Å². The highest BCUT2D eigenvalue weighted by Crippen LogP contribution is 2.39. The molecule has 2 aliphatic heterocycles. The number of rotatable bonds is 8. The summed E-state index contributed by atoms with van der Waals surface area (Å²) >= 11 is 1.50. The quantitative estimate of drug-likeness (QED) is 0.423. The number of amides is 1. The fourth-order valence-corrected chi connectivity index (χ4v) is 6.11. The molecule has 200 valence electrons. The molecule has 0 radical (unpaired) electrons. The lowest BCUT2D eigenvalue weighted by Gasteiger charge is -2.33. The van der Waals surface area contributed by atoms with Crippen LogP contribution in [0.4, 0.5) is 19.0 Å². The molecule has 0 spiro atoms. The standard InChI is InChI=1S/C27H32F3N3O3S/c1-2-14-37-25-21(9-10-23(31-25)32-12-5-6-18(16-32)15-24(34)35)26(36)33-13-11-19(17-33)20-7-3-4-8-22(20)27(28,29)30/h3-4,7-10,18-19H,2,5-6,11-17H2,1H3,(H,34,35). The number of aromatic nitrogens is 1. The number of anilines is 1. The van der Waals surface area contributed by atoms with E-state index in [2.05, 4.69) is 4.90 Å². The highest BCUT2D eigenvalue weighted by molar-refractivity contribution is 7.99. The molecule has 2 aliphatic rings. The molecule has 4 rings (SSSR count). The Kier molecular flexibility index (Phi) is 8.67. The summed E-state index contributed by atoms with van der Waals surface area (Å²) in [6, 6.07) is 9.18. The van der Waals surface area contributed by atoms with E-state index in [0.717, 1.165) is 43.4 Å². The third-order valence-electron chi connectivity index (χ3n) is 7.01. The molecule has 2 atom stereocenters. The van der Waals surface area contributed by atoms with Crippen molar-refractivity contribution >= 4 is 29.5 Å². The van der Waals surface area contributed by atoms with Gasteiger partial charge in [-0.1, -0.05) is 25.1 Å². The van der Waals surface area contributed by atoms with Gasteiger partial charge in [-0.3, -0.25) is 9.59 Å². The Morgan fingerprint density at radius 1 is 1.11 bits per heavy atom. The fourth-order valence-electron chi connectivity index (χ4n) is 5.25. The fraction of sp³-hybridized carbons (Fsp3) is 0.519. The van der Waals surface area contributed by atoms with Crippen molar-refractivity contribution in [3.63, 3.8) is 0 Å². The van der Waals surface area contributed by atoms with Crippen molar-refractivity contribution in [1.82, 2.24) is 9.88 Å². The Balaban J connectivity index is 1.53. The molecule has 1 N–H and O–H groups in total. The first-order chi connectivity index (χ1) is 17.7. The molecule has 0 aliphatic carbocycles. The Hall–Kier alpha value is -2.75. The maximum Gasteiger partial charge on any atom is 0.416 e. The van der Waals surface area contributed by atoms with E-state index in [1.807, 2.05) is 6.92 Å². The summed E-state index contributed by atoms with van der Waals surface area (Å²) < 4.78 is 40.6. The zero-order valence-corrected chi connectivity index (χ0v) is 21.7. The van der Waals surface area contributed by atoms with Crippen molar-refractivity contribution in [2.24, 2.45) is 5.92 Å². The second-order valence-electron chi connectivity index (χ2n) is 9.74. The predicted molar refractivity (Wildman–Crippen MR) is 137 cm³/mol. The average Bonchev–Trinajstić information content (AvgIpc) is 3.36. The molecule has 2 unspecified atom stereocenters. The van der Waals surface area contributed by atoms with Crippen LogP contribution in [0.1, 0.15) is 66.4 Å². The highest BCUT2D eigenvalue weighted by Gasteiger charge is 2.38. The van der Waals surface area contributed by atoms with Gasteiger partial charge in [0.25, 0.3) is 5.91 Å². The number of aliphatic carboxylic acids is 1. The van der Waals surface area contributed by atoms with Crippen LogP contribution in [0.25, 0.3) is 0 Å². The van der Waals surface area contributed by atoms with E-state index in [-0.39, 0.29) is 36.3 Å². The molecule has 6 nitrogen and oxygen atoms in total. The van der Waals surface area contributed by atoms with Crippen molar-refractivity contribution in [3.8, 4) is 0 Å². The van der Waals surface area contributed by atoms with Crippen LogP contribution in [0.2, 0.25) is 0 Å². The lowest BCUT2D eigenvalue weighted by atomic mass is 9.93. The SMILES string of the molecule is CCCSc1nc(N2CCCC(CC(=O)O)C2)ccc1C(=O)N1CCC(c2ccccc2C(F)(F)F)C1. The molecule has 1 aromatic carbocycles. The van der Waals surface area contributed by atoms with Crippen LogP contribution in [0.3, 0.4) is 0 Å². The smallest absolute Gasteiger partial charge is 0.416 e. The molecule has 1 aromatic heterocycles. The lowest BCUT2D eigenvalue weighted by molar-refractivity contribution is -0.139. The van der Waals surface area contributed by atoms with Crippen molar-refractivity contribution in [1.29, 1.82) is 0 Å². The predicted octanol–water partition coefficient (Wildman–Crippen LogP) is 5.92. The zero-order chi connectivity index (χ0) is 26.6. The zero-order valence-electron chi connectivity index (χ0n) is 20.8. The number of pyridine rings is 1. The molecule has 10 heteroatoms. The van der Waals surface area contributed by atoms with Gasteiger partial charge in [0.05, 0.1) is 11.1 Å². The lowest BCUT2D eigenvalue weighted by Crippen LogP contribution is -2.37. The molecular weight excluding hydrogens is 503 g/mol. The number of likely N-dealkylation sites (tertiary alicyclic amines) is 1. The van der Waals surface area contributed by atoms with E-state index >= 15 is 0 Å². The summed E-state index contributed by atoms with van der Waals surface area (Å²) in [5.74, 6) is 0.167. The summed E-state index contributed by atoms with van der Waals surface area (Å²) in [7, 11) is 0. The molecule has 0 saturated carbocycles. The number of thioether (sulfide) groups is 1. The summed E-state index contributed by atoms with van der Waals surface area (Å²) in [4.78, 5) is 33.2. The first kappa shape index (κ1) is 27.3. The van der Waals surface area contributed by atoms with Gasteiger partial charge < -0.3 is 14.9 Å². The van der Waals surface area contributed by atoms with E-state index in [4.69, 9.17) is 4.98 Å². The number of nitrogens with zero attached hydrogens (tertiary/aromatic N) is 3. The minimum atomic E-state index is -4.43. The molecule has 3 heterocycles. The van der Waals surface area contributed by atoms with Crippen LogP contribution in [0.5, 0.6) is 0 Å². The summed E-state index contributed by atoms with van der Waals surface area (Å²) in [6.07, 6.45) is -1.19. The van der Waals surface area contributed by atoms with Gasteiger partial charge in [-0.05, 0) is 61.1 Å². The Labute approximate surface area is 219 Å². The first-order valence-electron chi connectivity index (χ1n) is 12.7. The van der Waals surface area contributed by atoms with Crippen LogP contribution in [-0.4, -0.2) is 58.8 Å². The maximum absolute atomic E-state index is 13.5. The number of halogens is 3. The van der Waals surface area contributed by atoms with E-state index in [1.165, 1.54) is 23.9 Å². The van der Waals surface area contributed by atoms with E-state index in [9.17, 15) is 27.9 Å². The average molecular weight is 536 g/mol. The number of carbonyl (C=O) groups is 2. The van der Waals surface area contributed by atoms with Gasteiger partial charge in [0.15, 0.2) is 0 Å². The first-order valence-corrected chi connectivity index (χ1v) is 13.7. The molecule has 2 fully saturated rings.